The summed E-state index contributed by atoms with van der Waals surface area (Å²) in [6, 6.07) is 22.5. The second-order valence-electron chi connectivity index (χ2n) is 11.5. The fraction of sp³-hybridized carbons (Fsp3) is 0.273. The Bertz CT molecular complexity index is 1600. The van der Waals surface area contributed by atoms with Gasteiger partial charge in [0, 0.05) is 27.7 Å². The number of nitro groups is 1. The van der Waals surface area contributed by atoms with E-state index < -0.39 is 0 Å². The highest BCUT2D eigenvalue weighted by atomic mass is 32.2. The molecule has 0 unspecified atom stereocenters. The number of para-hydroxylation sites is 1. The number of nitro benzene ring substituents is 1. The van der Waals surface area contributed by atoms with Crippen molar-refractivity contribution in [3.8, 4) is 0 Å². The van der Waals surface area contributed by atoms with Gasteiger partial charge in [-0.1, -0.05) is 74.5 Å². The van der Waals surface area contributed by atoms with Crippen molar-refractivity contribution in [2.75, 3.05) is 5.32 Å². The molecule has 8 heteroatoms. The highest BCUT2D eigenvalue weighted by molar-refractivity contribution is 7.99. The van der Waals surface area contributed by atoms with E-state index in [1.807, 2.05) is 67.6 Å². The number of rotatable bonds is 7. The molecule has 0 aliphatic heterocycles. The smallest absolute Gasteiger partial charge is 0.283 e. The Kier molecular flexibility index (Phi) is 8.42. The van der Waals surface area contributed by atoms with Crippen LogP contribution >= 0.6 is 23.1 Å². The number of amides is 1. The zero-order valence-corrected chi connectivity index (χ0v) is 25.3. The Morgan fingerprint density at radius 1 is 1.10 bits per heavy atom. The van der Waals surface area contributed by atoms with Crippen molar-refractivity contribution in [1.82, 2.24) is 0 Å². The van der Waals surface area contributed by atoms with Gasteiger partial charge < -0.3 is 5.32 Å². The van der Waals surface area contributed by atoms with Crippen LogP contribution in [-0.4, -0.2) is 17.0 Å². The van der Waals surface area contributed by atoms with Crippen molar-refractivity contribution >= 4 is 51.6 Å². The first-order valence-electron chi connectivity index (χ1n) is 13.7. The largest absolute Gasteiger partial charge is 0.322 e. The number of fused-ring (bicyclic) bond motifs is 1. The Hall–Kier alpha value is -3.75. The number of hydrogen-bond donors (Lipinski definition) is 1. The number of carbonyl (C=O) groups is 1. The van der Waals surface area contributed by atoms with Crippen LogP contribution < -0.4 is 5.32 Å². The van der Waals surface area contributed by atoms with Gasteiger partial charge in [0.05, 0.1) is 15.4 Å². The predicted octanol–water partition coefficient (Wildman–Crippen LogP) is 9.27. The molecule has 1 amide bonds. The summed E-state index contributed by atoms with van der Waals surface area (Å²) in [5, 5.41) is 15.6. The fourth-order valence-corrected chi connectivity index (χ4v) is 7.23. The fourth-order valence-electron chi connectivity index (χ4n) is 5.06. The lowest BCUT2D eigenvalue weighted by molar-refractivity contribution is -0.387. The second-order valence-corrected chi connectivity index (χ2v) is 13.7. The molecule has 0 bridgehead atoms. The van der Waals surface area contributed by atoms with Crippen molar-refractivity contribution in [2.45, 2.75) is 56.7 Å². The summed E-state index contributed by atoms with van der Waals surface area (Å²) in [5.41, 5.74) is 4.36. The Morgan fingerprint density at radius 2 is 1.83 bits per heavy atom. The van der Waals surface area contributed by atoms with E-state index in [-0.39, 0.29) is 21.9 Å². The predicted molar refractivity (Wildman–Crippen MR) is 169 cm³/mol. The number of hydrogen-bond acceptors (Lipinski definition) is 6. The maximum atomic E-state index is 13.6. The van der Waals surface area contributed by atoms with Crippen LogP contribution in [0.25, 0.3) is 0 Å². The van der Waals surface area contributed by atoms with Gasteiger partial charge in [-0.3, -0.25) is 14.9 Å². The summed E-state index contributed by atoms with van der Waals surface area (Å²) >= 11 is 2.92. The highest BCUT2D eigenvalue weighted by Gasteiger charge is 2.33. The normalized spacial score (nSPS) is 15.1. The average molecular weight is 584 g/mol. The van der Waals surface area contributed by atoms with Crippen LogP contribution in [0.2, 0.25) is 0 Å². The first-order valence-corrected chi connectivity index (χ1v) is 15.3. The summed E-state index contributed by atoms with van der Waals surface area (Å²) in [7, 11) is 0. The van der Waals surface area contributed by atoms with Crippen molar-refractivity contribution in [3.05, 3.63) is 110 Å². The molecular formula is C33H33N3O3S2. The third-order valence-corrected chi connectivity index (χ3v) is 9.72. The Labute approximate surface area is 249 Å². The van der Waals surface area contributed by atoms with Gasteiger partial charge >= 0.3 is 0 Å². The number of anilines is 1. The monoisotopic (exact) mass is 583 g/mol. The molecule has 1 aromatic heterocycles. The van der Waals surface area contributed by atoms with Crippen LogP contribution in [0.5, 0.6) is 0 Å². The minimum atomic E-state index is -0.358. The first-order chi connectivity index (χ1) is 19.6. The van der Waals surface area contributed by atoms with Crippen LogP contribution in [-0.2, 0) is 12.8 Å². The second kappa shape index (κ2) is 12.0. The van der Waals surface area contributed by atoms with Crippen LogP contribution in [0.1, 0.15) is 59.1 Å². The molecule has 6 nitrogen and oxygen atoms in total. The number of benzene rings is 3. The summed E-state index contributed by atoms with van der Waals surface area (Å²) in [6.45, 7) is 8.82. The molecule has 0 fully saturated rings. The van der Waals surface area contributed by atoms with Crippen molar-refractivity contribution < 1.29 is 9.72 Å². The molecule has 5 rings (SSSR count). The minimum Gasteiger partial charge on any atom is -0.322 e. The van der Waals surface area contributed by atoms with Gasteiger partial charge in [-0.15, -0.1) is 11.3 Å². The summed E-state index contributed by atoms with van der Waals surface area (Å²) in [6.07, 6.45) is 4.40. The SMILES string of the molecule is Cc1ccc(Sc2ccc(C=Nc3sc4c(c3C(=O)Nc3ccccc3)CC[C@@H](C(C)(C)C)C4)cc2[N+](=O)[O-])cc1. The standard InChI is InChI=1S/C33H33N3O3S2/c1-21-10-14-25(15-11-21)40-28-17-12-22(18-27(28)36(38)39)20-34-32-30(31(37)35-24-8-6-5-7-9-24)26-16-13-23(33(2,3)4)19-29(26)41-32/h5-12,14-15,17-18,20,23H,13,16,19H2,1-4H3,(H,35,37)/t23-/m1/s1. The molecule has 41 heavy (non-hydrogen) atoms. The molecule has 210 valence electrons. The number of aliphatic imine (C=N–C) groups is 1. The molecule has 1 aliphatic rings. The summed E-state index contributed by atoms with van der Waals surface area (Å²) in [4.78, 5) is 32.6. The lowest BCUT2D eigenvalue weighted by atomic mass is 9.72. The number of thiophene rings is 1. The van der Waals surface area contributed by atoms with Crippen LogP contribution in [0.4, 0.5) is 16.4 Å². The highest BCUT2D eigenvalue weighted by Crippen LogP contribution is 2.45. The third kappa shape index (κ3) is 6.77. The number of carbonyl (C=O) groups excluding carboxylic acids is 1. The zero-order valence-electron chi connectivity index (χ0n) is 23.6. The molecule has 1 atom stereocenters. The van der Waals surface area contributed by atoms with E-state index in [1.165, 1.54) is 16.6 Å². The quantitative estimate of drug-likeness (QED) is 0.133. The molecule has 4 aromatic rings. The van der Waals surface area contributed by atoms with Gasteiger partial charge in [0.1, 0.15) is 5.00 Å². The lowest BCUT2D eigenvalue weighted by Gasteiger charge is -2.33. The maximum absolute atomic E-state index is 13.6. The van der Waals surface area contributed by atoms with E-state index in [4.69, 9.17) is 4.99 Å². The van der Waals surface area contributed by atoms with E-state index in [0.29, 0.717) is 26.9 Å². The molecule has 0 radical (unpaired) electrons. The minimum absolute atomic E-state index is 0.0278. The molecule has 0 spiro atoms. The zero-order chi connectivity index (χ0) is 29.1. The Balaban J connectivity index is 1.47. The van der Waals surface area contributed by atoms with E-state index >= 15 is 0 Å². The van der Waals surface area contributed by atoms with Crippen molar-refractivity contribution in [3.63, 3.8) is 0 Å². The third-order valence-electron chi connectivity index (χ3n) is 7.49. The van der Waals surface area contributed by atoms with Crippen LogP contribution in [0, 0.1) is 28.4 Å². The van der Waals surface area contributed by atoms with Crippen molar-refractivity contribution in [1.29, 1.82) is 0 Å². The van der Waals surface area contributed by atoms with Gasteiger partial charge in [-0.25, -0.2) is 4.99 Å². The average Bonchev–Trinajstić information content (AvgIpc) is 3.31. The van der Waals surface area contributed by atoms with Gasteiger partial charge in [0.2, 0.25) is 0 Å². The molecule has 1 aliphatic carbocycles. The van der Waals surface area contributed by atoms with Gasteiger partial charge in [0.25, 0.3) is 11.6 Å². The van der Waals surface area contributed by atoms with Crippen molar-refractivity contribution in [2.24, 2.45) is 16.3 Å². The van der Waals surface area contributed by atoms with Gasteiger partial charge in [-0.2, -0.15) is 0 Å². The van der Waals surface area contributed by atoms with E-state index in [0.717, 1.165) is 41.0 Å². The van der Waals surface area contributed by atoms with Gasteiger partial charge in [-0.05, 0) is 79.0 Å². The maximum Gasteiger partial charge on any atom is 0.283 e. The van der Waals surface area contributed by atoms with Gasteiger partial charge in [0.15, 0.2) is 0 Å². The summed E-state index contributed by atoms with van der Waals surface area (Å²) < 4.78 is 0. The lowest BCUT2D eigenvalue weighted by Crippen LogP contribution is -2.27. The number of nitrogens with zero attached hydrogens (tertiary/aromatic N) is 2. The topological polar surface area (TPSA) is 84.6 Å². The first kappa shape index (κ1) is 28.8. The molecule has 1 N–H and O–H groups in total. The molecule has 0 saturated heterocycles. The Morgan fingerprint density at radius 3 is 2.51 bits per heavy atom. The molecule has 3 aromatic carbocycles. The molecule has 1 heterocycles. The molecule has 0 saturated carbocycles. The van der Waals surface area contributed by atoms with Crippen LogP contribution in [0.3, 0.4) is 0 Å². The number of nitrogens with one attached hydrogen (secondary N) is 1. The van der Waals surface area contributed by atoms with E-state index in [1.54, 1.807) is 29.7 Å². The van der Waals surface area contributed by atoms with E-state index in [9.17, 15) is 14.9 Å². The van der Waals surface area contributed by atoms with E-state index in [2.05, 4.69) is 26.1 Å². The van der Waals surface area contributed by atoms with Crippen LogP contribution in [0.15, 0.2) is 87.6 Å². The summed E-state index contributed by atoms with van der Waals surface area (Å²) in [5.74, 6) is 0.350. The molecular weight excluding hydrogens is 551 g/mol. The number of aryl methyl sites for hydroxylation is 1.